The first-order valence-corrected chi connectivity index (χ1v) is 8.90. The van der Waals surface area contributed by atoms with Gasteiger partial charge in [-0.05, 0) is 37.3 Å². The number of nitrogens with one attached hydrogen (secondary N) is 1. The van der Waals surface area contributed by atoms with Gasteiger partial charge in [-0.15, -0.1) is 0 Å². The van der Waals surface area contributed by atoms with E-state index in [-0.39, 0.29) is 11.3 Å². The highest BCUT2D eigenvalue weighted by Crippen LogP contribution is 2.33. The van der Waals surface area contributed by atoms with Gasteiger partial charge in [0.2, 0.25) is 0 Å². The third kappa shape index (κ3) is 5.69. The van der Waals surface area contributed by atoms with Gasteiger partial charge >= 0.3 is 12.0 Å². The molecule has 3 N–H and O–H groups in total. The van der Waals surface area contributed by atoms with Crippen LogP contribution < -0.4 is 11.1 Å². The van der Waals surface area contributed by atoms with Gasteiger partial charge in [0.25, 0.3) is 11.6 Å². The van der Waals surface area contributed by atoms with E-state index in [0.717, 1.165) is 22.7 Å². The first-order valence-electron chi connectivity index (χ1n) is 7.70. The summed E-state index contributed by atoms with van der Waals surface area (Å²) in [5.74, 6) is -1.88. The Morgan fingerprint density at radius 3 is 2.43 bits per heavy atom. The molecule has 146 valence electrons. The molecule has 0 radical (unpaired) electrons. The fourth-order valence-corrected chi connectivity index (χ4v) is 3.05. The van der Waals surface area contributed by atoms with Gasteiger partial charge in [-0.3, -0.25) is 20.2 Å². The smallest absolute Gasteiger partial charge is 0.340 e. The largest absolute Gasteiger partial charge is 0.449 e. The summed E-state index contributed by atoms with van der Waals surface area (Å²) in [5.41, 5.74) is 4.43. The number of amides is 3. The summed E-state index contributed by atoms with van der Waals surface area (Å²) >= 11 is 7.01. The Morgan fingerprint density at radius 2 is 1.86 bits per heavy atom. The van der Waals surface area contributed by atoms with E-state index in [1.807, 2.05) is 0 Å². The van der Waals surface area contributed by atoms with E-state index in [1.54, 1.807) is 29.6 Å². The van der Waals surface area contributed by atoms with Crippen LogP contribution in [0.15, 0.2) is 52.3 Å². The van der Waals surface area contributed by atoms with E-state index in [4.69, 9.17) is 22.1 Å². The zero-order valence-electron chi connectivity index (χ0n) is 14.4. The molecule has 0 saturated heterocycles. The van der Waals surface area contributed by atoms with Gasteiger partial charge < -0.3 is 10.5 Å². The van der Waals surface area contributed by atoms with Crippen molar-refractivity contribution in [2.45, 2.75) is 22.8 Å². The number of imide groups is 1. The fourth-order valence-electron chi connectivity index (χ4n) is 2.01. The maximum absolute atomic E-state index is 12.5. The van der Waals surface area contributed by atoms with Crippen LogP contribution in [0.2, 0.25) is 5.02 Å². The molecule has 0 heterocycles. The lowest BCUT2D eigenvalue weighted by Crippen LogP contribution is -2.42. The first kappa shape index (κ1) is 21.2. The number of urea groups is 1. The minimum Gasteiger partial charge on any atom is -0.449 e. The molecule has 11 heteroatoms. The van der Waals surface area contributed by atoms with Crippen LogP contribution in [0.25, 0.3) is 0 Å². The zero-order valence-corrected chi connectivity index (χ0v) is 16.0. The quantitative estimate of drug-likeness (QED) is 0.412. The number of esters is 1. The number of nitrogens with zero attached hydrogens (tertiary/aromatic N) is 1. The normalized spacial score (nSPS) is 11.4. The molecular weight excluding hydrogens is 410 g/mol. The molecule has 1 atom stereocenters. The number of nitrogens with two attached hydrogens (primary N) is 1. The van der Waals surface area contributed by atoms with Gasteiger partial charge in [-0.25, -0.2) is 9.59 Å². The van der Waals surface area contributed by atoms with Crippen molar-refractivity contribution in [3.05, 3.63) is 63.2 Å². The number of carbonyl (C=O) groups excluding carboxylic acids is 3. The standard InChI is InChI=1S/C17H14ClN3O6S/c1-9(15(22)20-17(19)24)27-16(23)13-8-11(21(25)26)4-7-14(13)28-12-5-2-10(18)3-6-12/h2-9H,1H3,(H3,19,20,22,24). The predicted octanol–water partition coefficient (Wildman–Crippen LogP) is 3.14. The van der Waals surface area contributed by atoms with Crippen LogP contribution in [0.1, 0.15) is 17.3 Å². The van der Waals surface area contributed by atoms with Crippen LogP contribution >= 0.6 is 23.4 Å². The summed E-state index contributed by atoms with van der Waals surface area (Å²) in [5, 5.41) is 13.4. The van der Waals surface area contributed by atoms with Crippen molar-refractivity contribution < 1.29 is 24.0 Å². The Bertz CT molecular complexity index is 935. The molecule has 2 aromatic carbocycles. The Morgan fingerprint density at radius 1 is 1.21 bits per heavy atom. The molecule has 3 amide bonds. The van der Waals surface area contributed by atoms with Gasteiger partial charge in [-0.1, -0.05) is 23.4 Å². The molecule has 0 aliphatic heterocycles. The molecule has 0 spiro atoms. The second-order valence-electron chi connectivity index (χ2n) is 5.39. The highest BCUT2D eigenvalue weighted by molar-refractivity contribution is 7.99. The predicted molar refractivity (Wildman–Crippen MR) is 101 cm³/mol. The first-order chi connectivity index (χ1) is 13.2. The number of hydrogen-bond donors (Lipinski definition) is 2. The molecule has 0 saturated carbocycles. The van der Waals surface area contributed by atoms with Gasteiger partial charge in [0.1, 0.15) is 0 Å². The van der Waals surface area contributed by atoms with E-state index < -0.39 is 28.9 Å². The van der Waals surface area contributed by atoms with Crippen molar-refractivity contribution >= 4 is 47.0 Å². The van der Waals surface area contributed by atoms with Crippen molar-refractivity contribution in [2.24, 2.45) is 5.73 Å². The molecule has 0 bridgehead atoms. The SMILES string of the molecule is CC(OC(=O)c1cc([N+](=O)[O-])ccc1Sc1ccc(Cl)cc1)C(=O)NC(N)=O. The third-order valence-electron chi connectivity index (χ3n) is 3.33. The Hall–Kier alpha value is -3.11. The maximum Gasteiger partial charge on any atom is 0.340 e. The van der Waals surface area contributed by atoms with E-state index in [2.05, 4.69) is 0 Å². The van der Waals surface area contributed by atoms with Crippen LogP contribution in [-0.4, -0.2) is 28.9 Å². The second kappa shape index (κ2) is 9.20. The summed E-state index contributed by atoms with van der Waals surface area (Å²) in [4.78, 5) is 46.4. The van der Waals surface area contributed by atoms with Crippen molar-refractivity contribution in [1.82, 2.24) is 5.32 Å². The lowest BCUT2D eigenvalue weighted by molar-refractivity contribution is -0.384. The van der Waals surface area contributed by atoms with Gasteiger partial charge in [-0.2, -0.15) is 0 Å². The number of nitro groups is 1. The minimum atomic E-state index is -1.34. The number of halogens is 1. The van der Waals surface area contributed by atoms with E-state index in [0.29, 0.717) is 9.92 Å². The summed E-state index contributed by atoms with van der Waals surface area (Å²) in [7, 11) is 0. The number of ether oxygens (including phenoxy) is 1. The number of carbonyl (C=O) groups is 3. The Labute approximate surface area is 168 Å². The van der Waals surface area contributed by atoms with Crippen LogP contribution in [-0.2, 0) is 9.53 Å². The summed E-state index contributed by atoms with van der Waals surface area (Å²) in [6, 6.07) is 9.35. The van der Waals surface area contributed by atoms with E-state index in [1.165, 1.54) is 19.1 Å². The second-order valence-corrected chi connectivity index (χ2v) is 6.95. The number of rotatable bonds is 6. The van der Waals surface area contributed by atoms with Crippen molar-refractivity contribution in [3.63, 3.8) is 0 Å². The monoisotopic (exact) mass is 423 g/mol. The minimum absolute atomic E-state index is 0.104. The summed E-state index contributed by atoms with van der Waals surface area (Å²) in [6.07, 6.45) is -1.34. The molecule has 0 aliphatic rings. The molecular formula is C17H14ClN3O6S. The van der Waals surface area contributed by atoms with Gasteiger partial charge in [0.15, 0.2) is 6.10 Å². The van der Waals surface area contributed by atoms with Crippen LogP contribution in [0.3, 0.4) is 0 Å². The van der Waals surface area contributed by atoms with E-state index in [9.17, 15) is 24.5 Å². The highest BCUT2D eigenvalue weighted by Gasteiger charge is 2.24. The van der Waals surface area contributed by atoms with Gasteiger partial charge in [0.05, 0.1) is 10.5 Å². The van der Waals surface area contributed by atoms with E-state index >= 15 is 0 Å². The molecule has 0 fully saturated rings. The fraction of sp³-hybridized carbons (Fsp3) is 0.118. The zero-order chi connectivity index (χ0) is 20.8. The van der Waals surface area contributed by atoms with Crippen LogP contribution in [0, 0.1) is 10.1 Å². The van der Waals surface area contributed by atoms with Crippen molar-refractivity contribution in [3.8, 4) is 0 Å². The Kier molecular flexibility index (Phi) is 6.96. The Balaban J connectivity index is 2.30. The molecule has 2 rings (SSSR count). The number of primary amides is 1. The summed E-state index contributed by atoms with van der Waals surface area (Å²) in [6.45, 7) is 1.24. The topological polar surface area (TPSA) is 142 Å². The molecule has 1 unspecified atom stereocenters. The van der Waals surface area contributed by atoms with Crippen molar-refractivity contribution in [2.75, 3.05) is 0 Å². The lowest BCUT2D eigenvalue weighted by atomic mass is 10.2. The van der Waals surface area contributed by atoms with Crippen LogP contribution in [0.4, 0.5) is 10.5 Å². The summed E-state index contributed by atoms with van der Waals surface area (Å²) < 4.78 is 5.02. The average molecular weight is 424 g/mol. The van der Waals surface area contributed by atoms with Gasteiger partial charge in [0, 0.05) is 26.9 Å². The number of benzene rings is 2. The highest BCUT2D eigenvalue weighted by atomic mass is 35.5. The molecule has 28 heavy (non-hydrogen) atoms. The third-order valence-corrected chi connectivity index (χ3v) is 4.67. The molecule has 9 nitrogen and oxygen atoms in total. The average Bonchev–Trinajstić information content (AvgIpc) is 2.63. The number of hydrogen-bond acceptors (Lipinski definition) is 7. The van der Waals surface area contributed by atoms with Crippen molar-refractivity contribution in [1.29, 1.82) is 0 Å². The number of nitro benzene ring substituents is 1. The maximum atomic E-state index is 12.5. The lowest BCUT2D eigenvalue weighted by Gasteiger charge is -2.14. The molecule has 0 aliphatic carbocycles. The molecule has 0 aromatic heterocycles. The molecule has 2 aromatic rings. The van der Waals surface area contributed by atoms with Crippen LogP contribution in [0.5, 0.6) is 0 Å². The number of non-ortho nitro benzene ring substituents is 1.